The normalized spacial score (nSPS) is 25.6. The molecule has 0 aromatic carbocycles. The van der Waals surface area contributed by atoms with Crippen LogP contribution in [0.2, 0.25) is 0 Å². The summed E-state index contributed by atoms with van der Waals surface area (Å²) in [6, 6.07) is 0.213. The Morgan fingerprint density at radius 3 is 2.43 bits per heavy atom. The molecule has 0 aromatic heterocycles. The van der Waals surface area contributed by atoms with Crippen molar-refractivity contribution in [2.24, 2.45) is 5.73 Å². The van der Waals surface area contributed by atoms with Crippen LogP contribution in [0.4, 0.5) is 0 Å². The Morgan fingerprint density at radius 2 is 2.07 bits per heavy atom. The van der Waals surface area contributed by atoms with Gasteiger partial charge in [0.1, 0.15) is 0 Å². The van der Waals surface area contributed by atoms with Gasteiger partial charge in [0.2, 0.25) is 0 Å². The molecule has 1 aliphatic heterocycles. The highest BCUT2D eigenvalue weighted by molar-refractivity contribution is 7.92. The van der Waals surface area contributed by atoms with Gasteiger partial charge < -0.3 is 10.6 Å². The molecule has 1 heterocycles. The third kappa shape index (κ3) is 2.68. The van der Waals surface area contributed by atoms with Crippen LogP contribution in [-0.4, -0.2) is 50.0 Å². The summed E-state index contributed by atoms with van der Waals surface area (Å²) >= 11 is 0. The van der Waals surface area contributed by atoms with Crippen LogP contribution in [0.5, 0.6) is 0 Å². The molecule has 0 aromatic rings. The molecule has 0 aliphatic carbocycles. The molecule has 0 saturated carbocycles. The van der Waals surface area contributed by atoms with Crippen molar-refractivity contribution < 1.29 is 8.42 Å². The highest BCUT2D eigenvalue weighted by atomic mass is 32.2. The summed E-state index contributed by atoms with van der Waals surface area (Å²) in [5.74, 6) is 0. The summed E-state index contributed by atoms with van der Waals surface area (Å²) in [5, 5.41) is 0. The van der Waals surface area contributed by atoms with Crippen molar-refractivity contribution in [3.8, 4) is 0 Å². The minimum atomic E-state index is -2.99. The van der Waals surface area contributed by atoms with Crippen molar-refractivity contribution in [1.29, 1.82) is 0 Å². The molecule has 1 atom stereocenters. The van der Waals surface area contributed by atoms with Gasteiger partial charge in [-0.1, -0.05) is 0 Å². The second kappa shape index (κ2) is 3.79. The lowest BCUT2D eigenvalue weighted by atomic mass is 10.2. The predicted octanol–water partition coefficient (Wildman–Crippen LogP) is -0.157. The Morgan fingerprint density at radius 1 is 1.50 bits per heavy atom. The average molecular weight is 220 g/mol. The average Bonchev–Trinajstić information content (AvgIpc) is 2.31. The van der Waals surface area contributed by atoms with Crippen LogP contribution in [0.1, 0.15) is 20.3 Å². The first-order chi connectivity index (χ1) is 6.22. The van der Waals surface area contributed by atoms with E-state index < -0.39 is 14.6 Å². The molecule has 1 aliphatic rings. The van der Waals surface area contributed by atoms with Gasteiger partial charge in [-0.05, 0) is 26.8 Å². The van der Waals surface area contributed by atoms with Crippen LogP contribution in [-0.2, 0) is 9.84 Å². The van der Waals surface area contributed by atoms with E-state index in [0.717, 1.165) is 19.5 Å². The fourth-order valence-corrected chi connectivity index (χ4v) is 2.08. The van der Waals surface area contributed by atoms with E-state index in [1.165, 1.54) is 6.26 Å². The number of sulfone groups is 1. The van der Waals surface area contributed by atoms with Gasteiger partial charge in [0, 0.05) is 25.4 Å². The molecule has 5 heteroatoms. The molecule has 0 unspecified atom stereocenters. The molecule has 0 radical (unpaired) electrons. The summed E-state index contributed by atoms with van der Waals surface area (Å²) < 4.78 is 22.3. The third-order valence-corrected chi connectivity index (χ3v) is 5.05. The smallest absolute Gasteiger partial charge is 0.153 e. The van der Waals surface area contributed by atoms with Gasteiger partial charge in [0.25, 0.3) is 0 Å². The number of likely N-dealkylation sites (tertiary alicyclic amines) is 1. The SMILES string of the molecule is CC(C)(CN1CC[C@@H](N)C1)S(C)(=O)=O. The summed E-state index contributed by atoms with van der Waals surface area (Å²) in [7, 11) is -2.99. The maximum Gasteiger partial charge on any atom is 0.153 e. The van der Waals surface area contributed by atoms with E-state index in [4.69, 9.17) is 5.73 Å². The summed E-state index contributed by atoms with van der Waals surface area (Å²) in [4.78, 5) is 2.13. The van der Waals surface area contributed by atoms with E-state index in [1.54, 1.807) is 13.8 Å². The molecular weight excluding hydrogens is 200 g/mol. The molecule has 1 fully saturated rings. The van der Waals surface area contributed by atoms with Crippen molar-refractivity contribution in [3.05, 3.63) is 0 Å². The monoisotopic (exact) mass is 220 g/mol. The van der Waals surface area contributed by atoms with Crippen LogP contribution >= 0.6 is 0 Å². The van der Waals surface area contributed by atoms with Crippen LogP contribution in [0.3, 0.4) is 0 Å². The molecular formula is C9H20N2O2S. The van der Waals surface area contributed by atoms with Gasteiger partial charge in [-0.3, -0.25) is 0 Å². The first-order valence-electron chi connectivity index (χ1n) is 4.90. The highest BCUT2D eigenvalue weighted by Crippen LogP contribution is 2.19. The van der Waals surface area contributed by atoms with Gasteiger partial charge >= 0.3 is 0 Å². The van der Waals surface area contributed by atoms with Crippen LogP contribution in [0, 0.1) is 0 Å². The van der Waals surface area contributed by atoms with Gasteiger partial charge in [-0.15, -0.1) is 0 Å². The molecule has 0 amide bonds. The topological polar surface area (TPSA) is 63.4 Å². The Hall–Kier alpha value is -0.130. The van der Waals surface area contributed by atoms with Crippen molar-refractivity contribution in [3.63, 3.8) is 0 Å². The maximum absolute atomic E-state index is 11.5. The van der Waals surface area contributed by atoms with Crippen molar-refractivity contribution in [2.45, 2.75) is 31.1 Å². The number of hydrogen-bond acceptors (Lipinski definition) is 4. The Bertz CT molecular complexity index is 298. The lowest BCUT2D eigenvalue weighted by molar-refractivity contribution is 0.303. The van der Waals surface area contributed by atoms with Crippen molar-refractivity contribution in [1.82, 2.24) is 4.90 Å². The largest absolute Gasteiger partial charge is 0.326 e. The van der Waals surface area contributed by atoms with E-state index in [9.17, 15) is 8.42 Å². The van der Waals surface area contributed by atoms with Gasteiger partial charge in [-0.25, -0.2) is 8.42 Å². The molecule has 2 N–H and O–H groups in total. The Labute approximate surface area is 86.4 Å². The van der Waals surface area contributed by atoms with Gasteiger partial charge in [0.05, 0.1) is 4.75 Å². The number of nitrogens with zero attached hydrogens (tertiary/aromatic N) is 1. The summed E-state index contributed by atoms with van der Waals surface area (Å²) in [6.07, 6.45) is 2.27. The third-order valence-electron chi connectivity index (χ3n) is 2.92. The number of rotatable bonds is 3. The fourth-order valence-electron chi connectivity index (χ4n) is 1.66. The second-order valence-electron chi connectivity index (χ2n) is 4.82. The Kier molecular flexibility index (Phi) is 3.23. The van der Waals surface area contributed by atoms with Gasteiger partial charge in [-0.2, -0.15) is 0 Å². The highest BCUT2D eigenvalue weighted by Gasteiger charge is 2.34. The lowest BCUT2D eigenvalue weighted by Crippen LogP contribution is -2.43. The van der Waals surface area contributed by atoms with E-state index in [1.807, 2.05) is 0 Å². The zero-order valence-corrected chi connectivity index (χ0v) is 9.97. The summed E-state index contributed by atoms with van der Waals surface area (Å²) in [5.41, 5.74) is 5.76. The standard InChI is InChI=1S/C9H20N2O2S/c1-9(2,14(3,12)13)7-11-5-4-8(10)6-11/h8H,4-7,10H2,1-3H3/t8-/m1/s1. The van der Waals surface area contributed by atoms with Crippen LogP contribution in [0.25, 0.3) is 0 Å². The van der Waals surface area contributed by atoms with E-state index >= 15 is 0 Å². The molecule has 4 nitrogen and oxygen atoms in total. The van der Waals surface area contributed by atoms with Crippen molar-refractivity contribution >= 4 is 9.84 Å². The van der Waals surface area contributed by atoms with E-state index in [2.05, 4.69) is 4.90 Å². The molecule has 0 spiro atoms. The van der Waals surface area contributed by atoms with Crippen molar-refractivity contribution in [2.75, 3.05) is 25.9 Å². The van der Waals surface area contributed by atoms with E-state index in [0.29, 0.717) is 6.54 Å². The second-order valence-corrected chi connectivity index (χ2v) is 7.47. The lowest BCUT2D eigenvalue weighted by Gasteiger charge is -2.28. The summed E-state index contributed by atoms with van der Waals surface area (Å²) in [6.45, 7) is 5.86. The Balaban J connectivity index is 2.60. The molecule has 1 rings (SSSR count). The predicted molar refractivity (Wildman–Crippen MR) is 58.0 cm³/mol. The maximum atomic E-state index is 11.5. The molecule has 1 saturated heterocycles. The van der Waals surface area contributed by atoms with Crippen LogP contribution < -0.4 is 5.73 Å². The zero-order chi connectivity index (χ0) is 11.0. The molecule has 14 heavy (non-hydrogen) atoms. The minimum absolute atomic E-state index is 0.213. The zero-order valence-electron chi connectivity index (χ0n) is 9.16. The van der Waals surface area contributed by atoms with Gasteiger partial charge in [0.15, 0.2) is 9.84 Å². The number of hydrogen-bond donors (Lipinski definition) is 1. The minimum Gasteiger partial charge on any atom is -0.326 e. The molecule has 84 valence electrons. The van der Waals surface area contributed by atoms with E-state index in [-0.39, 0.29) is 6.04 Å². The molecule has 0 bridgehead atoms. The quantitative estimate of drug-likeness (QED) is 0.718. The van der Waals surface area contributed by atoms with Crippen LogP contribution in [0.15, 0.2) is 0 Å². The first kappa shape index (κ1) is 11.9. The first-order valence-corrected chi connectivity index (χ1v) is 6.79. The fraction of sp³-hybridized carbons (Fsp3) is 1.00. The number of nitrogens with two attached hydrogens (primary N) is 1.